The quantitative estimate of drug-likeness (QED) is 0.370. The van der Waals surface area contributed by atoms with E-state index in [1.165, 1.54) is 18.7 Å². The largest absolute Gasteiger partial charge is 0.497 e. The minimum absolute atomic E-state index is 0.0478. The summed E-state index contributed by atoms with van der Waals surface area (Å²) in [6, 6.07) is 7.67. The van der Waals surface area contributed by atoms with Crippen molar-refractivity contribution in [1.82, 2.24) is 19.7 Å². The lowest BCUT2D eigenvalue weighted by Gasteiger charge is -2.15. The van der Waals surface area contributed by atoms with Crippen LogP contribution in [0.4, 0.5) is 0 Å². The van der Waals surface area contributed by atoms with Crippen LogP contribution < -0.4 is 4.74 Å². The van der Waals surface area contributed by atoms with E-state index in [9.17, 15) is 9.59 Å². The second-order valence-electron chi connectivity index (χ2n) is 8.17. The first-order valence-corrected chi connectivity index (χ1v) is 11.9. The van der Waals surface area contributed by atoms with E-state index < -0.39 is 0 Å². The predicted molar refractivity (Wildman–Crippen MR) is 126 cm³/mol. The maximum Gasteiger partial charge on any atom is 0.192 e. The van der Waals surface area contributed by atoms with E-state index in [1.54, 1.807) is 14.0 Å². The summed E-state index contributed by atoms with van der Waals surface area (Å²) in [6.07, 6.45) is 2.12. The molecule has 2 aromatic heterocycles. The van der Waals surface area contributed by atoms with Crippen LogP contribution in [0.2, 0.25) is 0 Å². The first-order chi connectivity index (χ1) is 15.9. The normalized spacial score (nSPS) is 15.7. The van der Waals surface area contributed by atoms with Crippen LogP contribution in [0.15, 0.2) is 29.4 Å². The average molecular weight is 469 g/mol. The second-order valence-corrected chi connectivity index (χ2v) is 9.12. The molecule has 1 N–H and O–H groups in total. The minimum atomic E-state index is -0.0780. The minimum Gasteiger partial charge on any atom is -0.497 e. The lowest BCUT2D eigenvalue weighted by molar-refractivity contribution is 0.0953. The van der Waals surface area contributed by atoms with Gasteiger partial charge in [-0.3, -0.25) is 14.2 Å². The van der Waals surface area contributed by atoms with Crippen molar-refractivity contribution in [2.45, 2.75) is 51.4 Å². The molecule has 1 atom stereocenters. The first-order valence-electron chi connectivity index (χ1n) is 10.9. The molecule has 3 aromatic rings. The summed E-state index contributed by atoms with van der Waals surface area (Å²) >= 11 is 1.34. The topological polar surface area (TPSA) is 99.1 Å². The maximum absolute atomic E-state index is 13.0. The van der Waals surface area contributed by atoms with E-state index >= 15 is 0 Å². The van der Waals surface area contributed by atoms with Crippen LogP contribution in [-0.2, 0) is 11.3 Å². The van der Waals surface area contributed by atoms with Gasteiger partial charge in [-0.15, -0.1) is 10.2 Å². The van der Waals surface area contributed by atoms with Crippen molar-refractivity contribution in [3.05, 3.63) is 46.8 Å². The van der Waals surface area contributed by atoms with Gasteiger partial charge in [0.1, 0.15) is 5.75 Å². The molecular formula is C24H28N4O4S. The van der Waals surface area contributed by atoms with Crippen molar-refractivity contribution in [3.8, 4) is 17.1 Å². The zero-order chi connectivity index (χ0) is 23.5. The van der Waals surface area contributed by atoms with Crippen molar-refractivity contribution >= 4 is 23.3 Å². The number of ether oxygens (including phenoxy) is 2. The number of carbonyl (C=O) groups is 2. The number of benzene rings is 1. The van der Waals surface area contributed by atoms with Gasteiger partial charge in [0, 0.05) is 23.4 Å². The highest BCUT2D eigenvalue weighted by atomic mass is 32.2. The number of Topliss-reactive ketones (excluding diaryl/α,β-unsaturated/α-hetero) is 2. The monoisotopic (exact) mass is 468 g/mol. The molecule has 8 nitrogen and oxygen atoms in total. The highest BCUT2D eigenvalue weighted by Gasteiger charge is 2.24. The molecule has 33 heavy (non-hydrogen) atoms. The highest BCUT2D eigenvalue weighted by molar-refractivity contribution is 7.99. The van der Waals surface area contributed by atoms with Gasteiger partial charge in [0.05, 0.1) is 31.2 Å². The molecule has 0 aliphatic carbocycles. The van der Waals surface area contributed by atoms with Crippen LogP contribution in [0.1, 0.15) is 51.9 Å². The lowest BCUT2D eigenvalue weighted by Crippen LogP contribution is -2.17. The number of aromatic amines is 1. The van der Waals surface area contributed by atoms with Crippen LogP contribution in [0.3, 0.4) is 0 Å². The maximum atomic E-state index is 13.0. The van der Waals surface area contributed by atoms with Gasteiger partial charge in [-0.1, -0.05) is 11.8 Å². The first kappa shape index (κ1) is 23.3. The average Bonchev–Trinajstić information content (AvgIpc) is 3.52. The number of H-pyrrole nitrogens is 1. The van der Waals surface area contributed by atoms with Gasteiger partial charge < -0.3 is 14.5 Å². The summed E-state index contributed by atoms with van der Waals surface area (Å²) in [5.41, 5.74) is 3.40. The Balaban J connectivity index is 1.58. The number of carbonyl (C=O) groups excluding carboxylic acids is 2. The van der Waals surface area contributed by atoms with Crippen LogP contribution in [-0.4, -0.2) is 56.9 Å². The van der Waals surface area contributed by atoms with E-state index in [0.29, 0.717) is 28.5 Å². The smallest absolute Gasteiger partial charge is 0.192 e. The Labute approximate surface area is 197 Å². The molecule has 1 aliphatic rings. The SMILES string of the molecule is COc1ccc(-c2nnc(SCC(=O)c3[nH]c(C)c(C(C)=O)c3C)n2CC2CCCO2)cc1. The molecule has 1 saturated heterocycles. The number of methoxy groups -OCH3 is 1. The van der Waals surface area contributed by atoms with Crippen LogP contribution in [0.5, 0.6) is 5.75 Å². The molecule has 3 heterocycles. The standard InChI is InChI=1S/C24H28N4O4S/c1-14-21(16(3)29)15(2)25-22(14)20(30)13-33-24-27-26-23(17-7-9-18(31-4)10-8-17)28(24)12-19-6-5-11-32-19/h7-10,19,25H,5-6,11-13H2,1-4H3. The number of aromatic nitrogens is 4. The Kier molecular flexibility index (Phi) is 6.99. The van der Waals surface area contributed by atoms with Gasteiger partial charge in [0.25, 0.3) is 0 Å². The number of hydrogen-bond donors (Lipinski definition) is 1. The van der Waals surface area contributed by atoms with E-state index in [0.717, 1.165) is 42.3 Å². The summed E-state index contributed by atoms with van der Waals surface area (Å²) in [6.45, 7) is 6.52. The molecular weight excluding hydrogens is 440 g/mol. The fraction of sp³-hybridized carbons (Fsp3) is 0.417. The molecule has 0 amide bonds. The number of nitrogens with one attached hydrogen (secondary N) is 1. The molecule has 9 heteroatoms. The number of hydrogen-bond acceptors (Lipinski definition) is 7. The van der Waals surface area contributed by atoms with Crippen molar-refractivity contribution < 1.29 is 19.1 Å². The van der Waals surface area contributed by atoms with Crippen molar-refractivity contribution in [3.63, 3.8) is 0 Å². The molecule has 1 aliphatic heterocycles. The van der Waals surface area contributed by atoms with Gasteiger partial charge >= 0.3 is 0 Å². The fourth-order valence-electron chi connectivity index (χ4n) is 4.26. The van der Waals surface area contributed by atoms with Gasteiger partial charge in [0.2, 0.25) is 0 Å². The third kappa shape index (κ3) is 4.89. The van der Waals surface area contributed by atoms with Gasteiger partial charge in [-0.2, -0.15) is 0 Å². The Hall–Kier alpha value is -2.91. The Bertz CT molecular complexity index is 1160. The molecule has 0 bridgehead atoms. The van der Waals surface area contributed by atoms with Gasteiger partial charge in [-0.05, 0) is 63.4 Å². The van der Waals surface area contributed by atoms with E-state index in [2.05, 4.69) is 15.2 Å². The number of rotatable bonds is 9. The van der Waals surface area contributed by atoms with Crippen LogP contribution in [0.25, 0.3) is 11.4 Å². The summed E-state index contributed by atoms with van der Waals surface area (Å²) < 4.78 is 13.1. The number of nitrogens with zero attached hydrogens (tertiary/aromatic N) is 3. The van der Waals surface area contributed by atoms with E-state index in [4.69, 9.17) is 9.47 Å². The molecule has 174 valence electrons. The molecule has 1 aromatic carbocycles. The third-order valence-corrected chi connectivity index (χ3v) is 6.84. The molecule has 0 spiro atoms. The zero-order valence-corrected chi connectivity index (χ0v) is 20.1. The Morgan fingerprint density at radius 1 is 1.24 bits per heavy atom. The number of ketones is 2. The number of aryl methyl sites for hydroxylation is 1. The Morgan fingerprint density at radius 2 is 2.00 bits per heavy atom. The summed E-state index contributed by atoms with van der Waals surface area (Å²) in [5, 5.41) is 9.48. The summed E-state index contributed by atoms with van der Waals surface area (Å²) in [5.74, 6) is 1.56. The molecule has 0 saturated carbocycles. The molecule has 0 radical (unpaired) electrons. The van der Waals surface area contributed by atoms with Crippen molar-refractivity contribution in [1.29, 1.82) is 0 Å². The predicted octanol–water partition coefficient (Wildman–Crippen LogP) is 4.26. The summed E-state index contributed by atoms with van der Waals surface area (Å²) in [7, 11) is 1.63. The fourth-order valence-corrected chi connectivity index (χ4v) is 5.08. The number of thioether (sulfide) groups is 1. The highest BCUT2D eigenvalue weighted by Crippen LogP contribution is 2.29. The third-order valence-electron chi connectivity index (χ3n) is 5.88. The van der Waals surface area contributed by atoms with Crippen LogP contribution in [0, 0.1) is 13.8 Å². The van der Waals surface area contributed by atoms with Crippen molar-refractivity contribution in [2.75, 3.05) is 19.5 Å². The van der Waals surface area contributed by atoms with Gasteiger partial charge in [0.15, 0.2) is 22.5 Å². The molecule has 4 rings (SSSR count). The lowest BCUT2D eigenvalue weighted by atomic mass is 10.1. The molecule has 1 fully saturated rings. The van der Waals surface area contributed by atoms with Gasteiger partial charge in [-0.25, -0.2) is 0 Å². The van der Waals surface area contributed by atoms with E-state index in [-0.39, 0.29) is 23.4 Å². The molecule has 1 unspecified atom stereocenters. The Morgan fingerprint density at radius 3 is 2.61 bits per heavy atom. The zero-order valence-electron chi connectivity index (χ0n) is 19.3. The summed E-state index contributed by atoms with van der Waals surface area (Å²) in [4.78, 5) is 28.0. The van der Waals surface area contributed by atoms with Crippen molar-refractivity contribution in [2.24, 2.45) is 0 Å². The second kappa shape index (κ2) is 9.93. The van der Waals surface area contributed by atoms with E-state index in [1.807, 2.05) is 35.8 Å². The van der Waals surface area contributed by atoms with Crippen LogP contribution >= 0.6 is 11.8 Å².